The lowest BCUT2D eigenvalue weighted by Gasteiger charge is -2.38. The lowest BCUT2D eigenvalue weighted by atomic mass is 9.88. The van der Waals surface area contributed by atoms with E-state index in [-0.39, 0.29) is 29.0 Å². The molecule has 1 spiro atoms. The minimum atomic E-state index is -3.72. The Labute approximate surface area is 232 Å². The van der Waals surface area contributed by atoms with Gasteiger partial charge in [0.05, 0.1) is 33.0 Å². The highest BCUT2D eigenvalue weighted by molar-refractivity contribution is 7.89. The molecule has 0 saturated carbocycles. The predicted octanol–water partition coefficient (Wildman–Crippen LogP) is 0.106. The molecule has 3 heterocycles. The fraction of sp³-hybridized carbons (Fsp3) is 0.480. The van der Waals surface area contributed by atoms with Crippen molar-refractivity contribution in [2.75, 3.05) is 39.9 Å². The van der Waals surface area contributed by atoms with E-state index in [9.17, 15) is 26.7 Å². The second-order valence-electron chi connectivity index (χ2n) is 10.1. The van der Waals surface area contributed by atoms with E-state index in [1.807, 2.05) is 0 Å². The maximum atomic E-state index is 13.2. The van der Waals surface area contributed by atoms with Gasteiger partial charge in [0.15, 0.2) is 0 Å². The number of aromatic amines is 2. The number of H-pyrrole nitrogens is 2. The van der Waals surface area contributed by atoms with Crippen LogP contribution in [0.5, 0.6) is 5.75 Å². The molecule has 5 rings (SSSR count). The second kappa shape index (κ2) is 11.2. The number of fused-ring (bicyclic) bond motifs is 1. The Hall–Kier alpha value is -2.79. The molecule has 1 aromatic heterocycles. The maximum Gasteiger partial charge on any atom is 0.323 e. The molecule has 2 aliphatic heterocycles. The van der Waals surface area contributed by atoms with Crippen molar-refractivity contribution in [2.24, 2.45) is 0 Å². The summed E-state index contributed by atoms with van der Waals surface area (Å²) in [4.78, 5) is 16.9. The van der Waals surface area contributed by atoms with E-state index in [0.717, 1.165) is 0 Å². The van der Waals surface area contributed by atoms with Gasteiger partial charge in [-0.1, -0.05) is 6.07 Å². The number of ether oxygens (including phenoxy) is 2. The number of nitrogens with zero attached hydrogens (tertiary/aromatic N) is 1. The van der Waals surface area contributed by atoms with Crippen LogP contribution in [-0.2, 0) is 24.8 Å². The molecule has 1 unspecified atom stereocenters. The number of aromatic nitrogens is 2. The van der Waals surface area contributed by atoms with Crippen molar-refractivity contribution < 1.29 is 31.4 Å². The third-order valence-electron chi connectivity index (χ3n) is 7.44. The van der Waals surface area contributed by atoms with Gasteiger partial charge in [0.1, 0.15) is 18.5 Å². The first-order valence-electron chi connectivity index (χ1n) is 12.9. The smallest absolute Gasteiger partial charge is 0.323 e. The van der Waals surface area contributed by atoms with Crippen LogP contribution in [0, 0.1) is 0 Å². The molecule has 2 fully saturated rings. The fourth-order valence-corrected chi connectivity index (χ4v) is 7.42. The van der Waals surface area contributed by atoms with Gasteiger partial charge in [-0.2, -0.15) is 4.31 Å². The van der Waals surface area contributed by atoms with Crippen LogP contribution in [0.15, 0.2) is 57.1 Å². The monoisotopic (exact) mass is 595 g/mol. The molecule has 2 saturated heterocycles. The van der Waals surface area contributed by atoms with Gasteiger partial charge in [0, 0.05) is 31.7 Å². The number of hydrogen-bond acceptors (Lipinski definition) is 9. The molecule has 0 aliphatic carbocycles. The summed E-state index contributed by atoms with van der Waals surface area (Å²) in [6, 6.07) is 10.6. The highest BCUT2D eigenvalue weighted by Gasteiger charge is 2.44. The first kappa shape index (κ1) is 28.7. The average Bonchev–Trinajstić information content (AvgIpc) is 3.52. The number of nitrogens with one attached hydrogen (secondary N) is 4. The highest BCUT2D eigenvalue weighted by atomic mass is 32.2. The van der Waals surface area contributed by atoms with Gasteiger partial charge in [0.25, 0.3) is 0 Å². The Morgan fingerprint density at radius 1 is 1.10 bits per heavy atom. The van der Waals surface area contributed by atoms with Gasteiger partial charge >= 0.3 is 5.69 Å². The Kier molecular flexibility index (Phi) is 8.07. The molecule has 0 radical (unpaired) electrons. The van der Waals surface area contributed by atoms with Crippen molar-refractivity contribution in [2.45, 2.75) is 46.8 Å². The maximum absolute atomic E-state index is 13.2. The molecule has 3 aromatic rings. The van der Waals surface area contributed by atoms with E-state index < -0.39 is 37.4 Å². The summed E-state index contributed by atoms with van der Waals surface area (Å²) in [5.74, 6) is 0.335. The topological polar surface area (TPSA) is 183 Å². The normalized spacial score (nSPS) is 20.7. The molecule has 0 amide bonds. The molecule has 13 nitrogen and oxygen atoms in total. The Balaban J connectivity index is 1.09. The molecule has 5 N–H and O–H groups in total. The Morgan fingerprint density at radius 3 is 2.60 bits per heavy atom. The van der Waals surface area contributed by atoms with Gasteiger partial charge < -0.3 is 29.9 Å². The molecule has 2 aliphatic rings. The van der Waals surface area contributed by atoms with Crippen LogP contribution in [0.2, 0.25) is 0 Å². The van der Waals surface area contributed by atoms with Gasteiger partial charge in [-0.15, -0.1) is 0 Å². The predicted molar refractivity (Wildman–Crippen MR) is 146 cm³/mol. The van der Waals surface area contributed by atoms with E-state index in [2.05, 4.69) is 20.0 Å². The van der Waals surface area contributed by atoms with Gasteiger partial charge in [-0.3, -0.25) is 0 Å². The van der Waals surface area contributed by atoms with E-state index >= 15 is 0 Å². The summed E-state index contributed by atoms with van der Waals surface area (Å²) in [6.07, 6.45) is 0.950. The van der Waals surface area contributed by atoms with E-state index in [0.29, 0.717) is 55.7 Å². The van der Waals surface area contributed by atoms with Crippen molar-refractivity contribution >= 4 is 31.1 Å². The van der Waals surface area contributed by atoms with Crippen molar-refractivity contribution in [1.82, 2.24) is 24.3 Å². The van der Waals surface area contributed by atoms with Crippen LogP contribution in [-0.4, -0.2) is 93.9 Å². The second-order valence-corrected chi connectivity index (χ2v) is 14.0. The molecule has 0 bridgehead atoms. The number of hydrogen-bond donors (Lipinski definition) is 5. The summed E-state index contributed by atoms with van der Waals surface area (Å²) in [5.41, 5.74) is 0.166. The van der Waals surface area contributed by atoms with Gasteiger partial charge in [0.2, 0.25) is 20.0 Å². The zero-order valence-electron chi connectivity index (χ0n) is 21.9. The van der Waals surface area contributed by atoms with Crippen molar-refractivity contribution in [3.8, 4) is 5.75 Å². The van der Waals surface area contributed by atoms with Crippen LogP contribution < -0.4 is 20.5 Å². The average molecular weight is 596 g/mol. The zero-order chi connectivity index (χ0) is 28.5. The summed E-state index contributed by atoms with van der Waals surface area (Å²) in [7, 11) is -5.99. The highest BCUT2D eigenvalue weighted by Crippen LogP contribution is 2.37. The van der Waals surface area contributed by atoms with Crippen LogP contribution in [0.1, 0.15) is 19.3 Å². The first-order valence-corrected chi connectivity index (χ1v) is 15.9. The largest absolute Gasteiger partial charge is 0.491 e. The minimum Gasteiger partial charge on any atom is -0.491 e. The molecule has 218 valence electrons. The number of imidazole rings is 1. The lowest BCUT2D eigenvalue weighted by molar-refractivity contribution is -0.0312. The number of benzene rings is 2. The van der Waals surface area contributed by atoms with Crippen LogP contribution in [0.3, 0.4) is 0 Å². The molecule has 15 heteroatoms. The van der Waals surface area contributed by atoms with Crippen LogP contribution >= 0.6 is 0 Å². The Bertz CT molecular complexity index is 1630. The lowest BCUT2D eigenvalue weighted by Crippen LogP contribution is -2.47. The third-order valence-corrected chi connectivity index (χ3v) is 10.7. The summed E-state index contributed by atoms with van der Waals surface area (Å²) in [5, 5.41) is 13.7. The summed E-state index contributed by atoms with van der Waals surface area (Å²) in [6.45, 7) is 1.31. The summed E-state index contributed by atoms with van der Waals surface area (Å²) >= 11 is 0. The number of aliphatic hydroxyl groups excluding tert-OH is 1. The van der Waals surface area contributed by atoms with Crippen molar-refractivity contribution in [3.05, 3.63) is 52.9 Å². The van der Waals surface area contributed by atoms with Gasteiger partial charge in [-0.25, -0.2) is 26.4 Å². The Morgan fingerprint density at radius 2 is 1.85 bits per heavy atom. The SMILES string of the molecule is CNS(=O)(=O)c1cccc(OCC(O)CN[C@H]2COC3(CCN(S(=O)(=O)c4ccc5[nH]c(=O)[nH]c5c4)CC3)C2)c1. The third kappa shape index (κ3) is 6.10. The number of piperidine rings is 1. The van der Waals surface area contributed by atoms with E-state index in [1.54, 1.807) is 18.2 Å². The quantitative estimate of drug-likeness (QED) is 0.217. The summed E-state index contributed by atoms with van der Waals surface area (Å²) < 4.78 is 65.8. The number of sulfonamides is 2. The van der Waals surface area contributed by atoms with E-state index in [1.165, 1.54) is 35.6 Å². The fourth-order valence-electron chi connectivity index (χ4n) is 5.18. The molecule has 40 heavy (non-hydrogen) atoms. The van der Waals surface area contributed by atoms with Gasteiger partial charge in [-0.05, 0) is 56.6 Å². The minimum absolute atomic E-state index is 0.00488. The van der Waals surface area contributed by atoms with E-state index in [4.69, 9.17) is 9.47 Å². The molecule has 2 aromatic carbocycles. The molecular formula is C25H33N5O8S2. The van der Waals surface area contributed by atoms with Crippen LogP contribution in [0.25, 0.3) is 11.0 Å². The molecule has 2 atom stereocenters. The number of aliphatic hydroxyl groups is 1. The number of rotatable bonds is 10. The van der Waals surface area contributed by atoms with Crippen molar-refractivity contribution in [1.29, 1.82) is 0 Å². The van der Waals surface area contributed by atoms with Crippen molar-refractivity contribution in [3.63, 3.8) is 0 Å². The van der Waals surface area contributed by atoms with Crippen LogP contribution in [0.4, 0.5) is 0 Å². The standard InChI is InChI=1S/C25H33N5O8S2/c1-26-39(33,34)20-4-2-3-19(11-20)37-16-18(31)14-27-17-13-25(38-15-17)7-9-30(10-8-25)40(35,36)21-5-6-22-23(12-21)29-24(32)28-22/h2-6,11-12,17-18,26-27,31H,7-10,13-16H2,1H3,(H2,28,29,32)/t17-,18?/m1/s1. The zero-order valence-corrected chi connectivity index (χ0v) is 23.6. The molecular weight excluding hydrogens is 562 g/mol. The first-order chi connectivity index (χ1) is 19.0.